The zero-order chi connectivity index (χ0) is 15.1. The Hall–Kier alpha value is -1.92. The molecule has 2 rings (SSSR count). The molecule has 0 aliphatic rings. The SMILES string of the molecule is CC(O)(CNC(=O)C=CSCc1ccco1)c1ccco1. The minimum atomic E-state index is -1.23. The molecule has 0 bridgehead atoms. The second-order valence-electron chi connectivity index (χ2n) is 4.66. The van der Waals surface area contributed by atoms with E-state index in [2.05, 4.69) is 5.32 Å². The van der Waals surface area contributed by atoms with Gasteiger partial charge in [0.15, 0.2) is 0 Å². The van der Waals surface area contributed by atoms with Crippen molar-refractivity contribution < 1.29 is 18.7 Å². The highest BCUT2D eigenvalue weighted by Gasteiger charge is 2.26. The van der Waals surface area contributed by atoms with Crippen LogP contribution in [-0.2, 0) is 16.1 Å². The number of thioether (sulfide) groups is 1. The highest BCUT2D eigenvalue weighted by molar-refractivity contribution is 8.01. The molecule has 0 fully saturated rings. The Morgan fingerprint density at radius 2 is 2.14 bits per heavy atom. The van der Waals surface area contributed by atoms with E-state index in [-0.39, 0.29) is 12.5 Å². The highest BCUT2D eigenvalue weighted by Crippen LogP contribution is 2.19. The molecule has 2 N–H and O–H groups in total. The summed E-state index contributed by atoms with van der Waals surface area (Å²) in [6, 6.07) is 7.06. The molecule has 21 heavy (non-hydrogen) atoms. The normalized spacial score (nSPS) is 14.2. The maximum atomic E-state index is 11.6. The number of carbonyl (C=O) groups excluding carboxylic acids is 1. The average molecular weight is 307 g/mol. The average Bonchev–Trinajstić information content (AvgIpc) is 3.14. The summed E-state index contributed by atoms with van der Waals surface area (Å²) < 4.78 is 10.3. The molecule has 1 unspecified atom stereocenters. The predicted octanol–water partition coefficient (Wildman–Crippen LogP) is 2.64. The molecular formula is C15H17NO4S. The van der Waals surface area contributed by atoms with Crippen LogP contribution in [0.5, 0.6) is 0 Å². The van der Waals surface area contributed by atoms with Crippen molar-refractivity contribution in [2.45, 2.75) is 18.3 Å². The van der Waals surface area contributed by atoms with Crippen LogP contribution in [0.15, 0.2) is 57.1 Å². The molecule has 0 radical (unpaired) electrons. The fourth-order valence-corrected chi connectivity index (χ4v) is 2.27. The van der Waals surface area contributed by atoms with Gasteiger partial charge in [0.05, 0.1) is 24.8 Å². The zero-order valence-corrected chi connectivity index (χ0v) is 12.4. The van der Waals surface area contributed by atoms with Crippen molar-refractivity contribution >= 4 is 17.7 Å². The van der Waals surface area contributed by atoms with Gasteiger partial charge in [0.2, 0.25) is 5.91 Å². The fraction of sp³-hybridized carbons (Fsp3) is 0.267. The van der Waals surface area contributed by atoms with E-state index in [4.69, 9.17) is 8.83 Å². The van der Waals surface area contributed by atoms with E-state index in [1.807, 2.05) is 12.1 Å². The Morgan fingerprint density at radius 3 is 2.81 bits per heavy atom. The van der Waals surface area contributed by atoms with Crippen molar-refractivity contribution in [1.82, 2.24) is 5.32 Å². The number of carbonyl (C=O) groups is 1. The molecule has 0 aliphatic heterocycles. The van der Waals surface area contributed by atoms with Gasteiger partial charge in [0.1, 0.15) is 17.1 Å². The third-order valence-corrected chi connectivity index (χ3v) is 3.56. The molecule has 2 aromatic rings. The molecular weight excluding hydrogens is 290 g/mol. The number of amides is 1. The Morgan fingerprint density at radius 1 is 1.38 bits per heavy atom. The van der Waals surface area contributed by atoms with Crippen molar-refractivity contribution in [2.24, 2.45) is 0 Å². The number of furan rings is 2. The summed E-state index contributed by atoms with van der Waals surface area (Å²) in [6.07, 6.45) is 4.52. The summed E-state index contributed by atoms with van der Waals surface area (Å²) in [5.74, 6) is 1.67. The number of hydrogen-bond acceptors (Lipinski definition) is 5. The largest absolute Gasteiger partial charge is 0.468 e. The van der Waals surface area contributed by atoms with Gasteiger partial charge in [-0.2, -0.15) is 0 Å². The van der Waals surface area contributed by atoms with Crippen molar-refractivity contribution in [3.63, 3.8) is 0 Å². The minimum Gasteiger partial charge on any atom is -0.468 e. The maximum absolute atomic E-state index is 11.6. The molecule has 2 aromatic heterocycles. The number of hydrogen-bond donors (Lipinski definition) is 2. The van der Waals surface area contributed by atoms with Gasteiger partial charge in [-0.1, -0.05) is 0 Å². The van der Waals surface area contributed by atoms with E-state index >= 15 is 0 Å². The topological polar surface area (TPSA) is 75.6 Å². The molecule has 5 nitrogen and oxygen atoms in total. The number of rotatable bonds is 7. The summed E-state index contributed by atoms with van der Waals surface area (Å²) in [7, 11) is 0. The molecule has 0 aliphatic carbocycles. The maximum Gasteiger partial charge on any atom is 0.244 e. The van der Waals surface area contributed by atoms with Gasteiger partial charge in [-0.15, -0.1) is 11.8 Å². The Kier molecular flexibility index (Phi) is 5.30. The second-order valence-corrected chi connectivity index (χ2v) is 5.56. The van der Waals surface area contributed by atoms with Gasteiger partial charge < -0.3 is 19.3 Å². The molecule has 0 spiro atoms. The van der Waals surface area contributed by atoms with Crippen LogP contribution in [0.2, 0.25) is 0 Å². The van der Waals surface area contributed by atoms with Gasteiger partial charge in [-0.05, 0) is 36.6 Å². The molecule has 1 atom stereocenters. The molecule has 6 heteroatoms. The lowest BCUT2D eigenvalue weighted by molar-refractivity contribution is -0.117. The highest BCUT2D eigenvalue weighted by atomic mass is 32.2. The number of nitrogens with one attached hydrogen (secondary N) is 1. The van der Waals surface area contributed by atoms with Crippen molar-refractivity contribution in [3.05, 3.63) is 59.8 Å². The Labute approximate surface area is 127 Å². The first-order chi connectivity index (χ1) is 10.1. The van der Waals surface area contributed by atoms with E-state index < -0.39 is 5.60 Å². The van der Waals surface area contributed by atoms with Gasteiger partial charge in [0.25, 0.3) is 0 Å². The van der Waals surface area contributed by atoms with Gasteiger partial charge in [-0.25, -0.2) is 0 Å². The molecule has 1 amide bonds. The zero-order valence-electron chi connectivity index (χ0n) is 11.6. The summed E-state index contributed by atoms with van der Waals surface area (Å²) in [6.45, 7) is 1.66. The predicted molar refractivity (Wildman–Crippen MR) is 80.4 cm³/mol. The van der Waals surface area contributed by atoms with E-state index in [0.29, 0.717) is 11.5 Å². The van der Waals surface area contributed by atoms with Crippen LogP contribution in [0.25, 0.3) is 0 Å². The van der Waals surface area contributed by atoms with Crippen LogP contribution >= 0.6 is 11.8 Å². The minimum absolute atomic E-state index is 0.0759. The third-order valence-electron chi connectivity index (χ3n) is 2.78. The molecule has 0 saturated heterocycles. The van der Waals surface area contributed by atoms with Gasteiger partial charge >= 0.3 is 0 Å². The molecule has 0 aromatic carbocycles. The van der Waals surface area contributed by atoms with Crippen molar-refractivity contribution in [3.8, 4) is 0 Å². The lowest BCUT2D eigenvalue weighted by Crippen LogP contribution is -2.37. The quantitative estimate of drug-likeness (QED) is 0.769. The van der Waals surface area contributed by atoms with Crippen LogP contribution < -0.4 is 5.32 Å². The van der Waals surface area contributed by atoms with Crippen LogP contribution in [0, 0.1) is 0 Å². The monoisotopic (exact) mass is 307 g/mol. The van der Waals surface area contributed by atoms with E-state index in [1.165, 1.54) is 24.1 Å². The smallest absolute Gasteiger partial charge is 0.244 e. The lowest BCUT2D eigenvalue weighted by Gasteiger charge is -2.20. The summed E-state index contributed by atoms with van der Waals surface area (Å²) in [4.78, 5) is 11.6. The van der Waals surface area contributed by atoms with E-state index in [0.717, 1.165) is 5.76 Å². The van der Waals surface area contributed by atoms with E-state index in [9.17, 15) is 9.90 Å². The first-order valence-electron chi connectivity index (χ1n) is 6.43. The summed E-state index contributed by atoms with van der Waals surface area (Å²) in [5, 5.41) is 14.5. The molecule has 0 saturated carbocycles. The van der Waals surface area contributed by atoms with Crippen LogP contribution in [0.1, 0.15) is 18.4 Å². The van der Waals surface area contributed by atoms with Crippen LogP contribution in [0.4, 0.5) is 0 Å². The van der Waals surface area contributed by atoms with Gasteiger partial charge in [0, 0.05) is 6.08 Å². The fourth-order valence-electron chi connectivity index (χ4n) is 1.63. The standard InChI is InChI=1S/C15H17NO4S/c1-15(18,13-5-3-8-20-13)11-16-14(17)6-9-21-10-12-4-2-7-19-12/h2-9,18H,10-11H2,1H3,(H,16,17). The Balaban J connectivity index is 1.72. The first-order valence-corrected chi connectivity index (χ1v) is 7.47. The van der Waals surface area contributed by atoms with E-state index in [1.54, 1.807) is 30.7 Å². The second kappa shape index (κ2) is 7.19. The first kappa shape index (κ1) is 15.5. The Bertz CT molecular complexity index is 573. The van der Waals surface area contributed by atoms with Crippen molar-refractivity contribution in [1.29, 1.82) is 0 Å². The third kappa shape index (κ3) is 4.84. The number of aliphatic hydroxyl groups is 1. The van der Waals surface area contributed by atoms with Crippen LogP contribution in [-0.4, -0.2) is 17.6 Å². The summed E-state index contributed by atoms with van der Waals surface area (Å²) >= 11 is 1.45. The summed E-state index contributed by atoms with van der Waals surface area (Å²) in [5.41, 5.74) is -1.23. The van der Waals surface area contributed by atoms with Crippen LogP contribution in [0.3, 0.4) is 0 Å². The van der Waals surface area contributed by atoms with Gasteiger partial charge in [-0.3, -0.25) is 4.79 Å². The lowest BCUT2D eigenvalue weighted by atomic mass is 10.0. The van der Waals surface area contributed by atoms with Crippen molar-refractivity contribution in [2.75, 3.05) is 6.54 Å². The molecule has 2 heterocycles. The molecule has 112 valence electrons.